The standard InChI is InChI=1S/C15H20N6OS/c1-7(2)5-10-14(22)20-11-12(19-10)17-9(4)18-13(11)21-15-16-6-8(3)23-15/h6-7,10H,5H2,1-4H3,(H,20,22)(H2,16,17,18,19,21). The van der Waals surface area contributed by atoms with Crippen LogP contribution in [0.3, 0.4) is 0 Å². The second-order valence-electron chi connectivity index (χ2n) is 6.06. The first-order valence-corrected chi connectivity index (χ1v) is 8.39. The van der Waals surface area contributed by atoms with Gasteiger partial charge < -0.3 is 16.0 Å². The number of aromatic nitrogens is 3. The summed E-state index contributed by atoms with van der Waals surface area (Å²) in [4.78, 5) is 26.5. The Morgan fingerprint density at radius 3 is 2.78 bits per heavy atom. The topological polar surface area (TPSA) is 91.8 Å². The maximum absolute atomic E-state index is 12.3. The van der Waals surface area contributed by atoms with Crippen LogP contribution in [-0.4, -0.2) is 26.9 Å². The molecule has 3 heterocycles. The van der Waals surface area contributed by atoms with Gasteiger partial charge in [0.25, 0.3) is 0 Å². The molecule has 0 spiro atoms. The normalized spacial score (nSPS) is 16.7. The lowest BCUT2D eigenvalue weighted by Crippen LogP contribution is -2.40. The molecular weight excluding hydrogens is 312 g/mol. The Hall–Kier alpha value is -2.22. The molecule has 1 unspecified atom stereocenters. The highest BCUT2D eigenvalue weighted by atomic mass is 32.1. The van der Waals surface area contributed by atoms with Crippen molar-refractivity contribution >= 4 is 39.7 Å². The van der Waals surface area contributed by atoms with Gasteiger partial charge in [0, 0.05) is 11.1 Å². The first kappa shape index (κ1) is 15.7. The molecule has 2 aromatic heterocycles. The number of aryl methyl sites for hydroxylation is 2. The molecule has 3 N–H and O–H groups in total. The highest BCUT2D eigenvalue weighted by molar-refractivity contribution is 7.15. The summed E-state index contributed by atoms with van der Waals surface area (Å²) < 4.78 is 0. The van der Waals surface area contributed by atoms with Crippen LogP contribution in [0.25, 0.3) is 0 Å². The van der Waals surface area contributed by atoms with E-state index < -0.39 is 0 Å². The maximum Gasteiger partial charge on any atom is 0.247 e. The van der Waals surface area contributed by atoms with Gasteiger partial charge in [-0.25, -0.2) is 15.0 Å². The SMILES string of the molecule is Cc1nc(Nc2ncc(C)s2)c2c(n1)NC(CC(C)C)C(=O)N2. The Balaban J connectivity index is 1.92. The number of rotatable bonds is 4. The molecule has 1 amide bonds. The number of hydrogen-bond donors (Lipinski definition) is 3. The van der Waals surface area contributed by atoms with Gasteiger partial charge in [-0.2, -0.15) is 0 Å². The van der Waals surface area contributed by atoms with Gasteiger partial charge >= 0.3 is 0 Å². The van der Waals surface area contributed by atoms with Crippen LogP contribution in [0.4, 0.5) is 22.5 Å². The summed E-state index contributed by atoms with van der Waals surface area (Å²) in [7, 11) is 0. The van der Waals surface area contributed by atoms with Crippen LogP contribution < -0.4 is 16.0 Å². The Kier molecular flexibility index (Phi) is 4.16. The van der Waals surface area contributed by atoms with E-state index >= 15 is 0 Å². The summed E-state index contributed by atoms with van der Waals surface area (Å²) in [5, 5.41) is 10.1. The lowest BCUT2D eigenvalue weighted by atomic mass is 10.0. The fourth-order valence-electron chi connectivity index (χ4n) is 2.48. The van der Waals surface area contributed by atoms with Crippen LogP contribution in [0.2, 0.25) is 0 Å². The van der Waals surface area contributed by atoms with E-state index in [-0.39, 0.29) is 11.9 Å². The van der Waals surface area contributed by atoms with Gasteiger partial charge in [0.05, 0.1) is 0 Å². The molecule has 0 radical (unpaired) electrons. The van der Waals surface area contributed by atoms with E-state index in [9.17, 15) is 4.79 Å². The number of thiazole rings is 1. The zero-order chi connectivity index (χ0) is 16.6. The molecule has 2 aromatic rings. The van der Waals surface area contributed by atoms with Crippen molar-refractivity contribution in [1.29, 1.82) is 0 Å². The van der Waals surface area contributed by atoms with Crippen molar-refractivity contribution in [3.05, 3.63) is 16.9 Å². The minimum atomic E-state index is -0.272. The second-order valence-corrected chi connectivity index (χ2v) is 7.29. The first-order valence-electron chi connectivity index (χ1n) is 7.58. The largest absolute Gasteiger partial charge is 0.356 e. The van der Waals surface area contributed by atoms with Crippen LogP contribution in [0.15, 0.2) is 6.20 Å². The molecule has 0 saturated carbocycles. The molecule has 0 bridgehead atoms. The van der Waals surface area contributed by atoms with Gasteiger partial charge in [0.1, 0.15) is 17.6 Å². The first-order chi connectivity index (χ1) is 10.9. The molecular formula is C15H20N6OS. The van der Waals surface area contributed by atoms with Crippen LogP contribution in [0.1, 0.15) is 31.0 Å². The van der Waals surface area contributed by atoms with Crippen molar-refractivity contribution < 1.29 is 4.79 Å². The van der Waals surface area contributed by atoms with Crippen molar-refractivity contribution in [3.8, 4) is 0 Å². The zero-order valence-electron chi connectivity index (χ0n) is 13.6. The smallest absolute Gasteiger partial charge is 0.247 e. The fraction of sp³-hybridized carbons (Fsp3) is 0.467. The number of nitrogens with zero attached hydrogens (tertiary/aromatic N) is 3. The lowest BCUT2D eigenvalue weighted by molar-refractivity contribution is -0.117. The molecule has 1 aliphatic rings. The molecule has 1 aliphatic heterocycles. The van der Waals surface area contributed by atoms with Gasteiger partial charge in [-0.15, -0.1) is 11.3 Å². The highest BCUT2D eigenvalue weighted by Crippen LogP contribution is 2.34. The van der Waals surface area contributed by atoms with Gasteiger partial charge in [-0.1, -0.05) is 13.8 Å². The average Bonchev–Trinajstić information content (AvgIpc) is 2.85. The Morgan fingerprint density at radius 2 is 2.13 bits per heavy atom. The molecule has 0 aliphatic carbocycles. The second kappa shape index (κ2) is 6.11. The molecule has 23 heavy (non-hydrogen) atoms. The van der Waals surface area contributed by atoms with Crippen molar-refractivity contribution in [3.63, 3.8) is 0 Å². The minimum Gasteiger partial charge on any atom is -0.356 e. The molecule has 0 aromatic carbocycles. The number of anilines is 4. The summed E-state index contributed by atoms with van der Waals surface area (Å²) in [5.41, 5.74) is 0.577. The number of nitrogens with one attached hydrogen (secondary N) is 3. The predicted octanol–water partition coefficient (Wildman–Crippen LogP) is 3.07. The zero-order valence-corrected chi connectivity index (χ0v) is 14.4. The molecule has 1 atom stereocenters. The van der Waals surface area contributed by atoms with E-state index in [4.69, 9.17) is 0 Å². The third-order valence-corrected chi connectivity index (χ3v) is 4.28. The van der Waals surface area contributed by atoms with E-state index in [0.717, 1.165) is 16.4 Å². The van der Waals surface area contributed by atoms with Gasteiger partial charge in [0.15, 0.2) is 16.8 Å². The van der Waals surface area contributed by atoms with Crippen LogP contribution in [0.5, 0.6) is 0 Å². The third kappa shape index (κ3) is 3.42. The van der Waals surface area contributed by atoms with Gasteiger partial charge in [0.2, 0.25) is 5.91 Å². The van der Waals surface area contributed by atoms with E-state index in [1.54, 1.807) is 6.20 Å². The van der Waals surface area contributed by atoms with Crippen molar-refractivity contribution in [2.24, 2.45) is 5.92 Å². The molecule has 7 nitrogen and oxygen atoms in total. The van der Waals surface area contributed by atoms with Crippen LogP contribution >= 0.6 is 11.3 Å². The number of carbonyl (C=O) groups is 1. The molecule has 122 valence electrons. The van der Waals surface area contributed by atoms with Crippen molar-refractivity contribution in [2.45, 2.75) is 40.2 Å². The third-order valence-electron chi connectivity index (χ3n) is 3.45. The van der Waals surface area contributed by atoms with Crippen molar-refractivity contribution in [2.75, 3.05) is 16.0 Å². The molecule has 3 rings (SSSR count). The maximum atomic E-state index is 12.3. The van der Waals surface area contributed by atoms with Crippen LogP contribution in [0, 0.1) is 19.8 Å². The quantitative estimate of drug-likeness (QED) is 0.797. The minimum absolute atomic E-state index is 0.0583. The van der Waals surface area contributed by atoms with Gasteiger partial charge in [-0.05, 0) is 26.2 Å². The monoisotopic (exact) mass is 332 g/mol. The lowest BCUT2D eigenvalue weighted by Gasteiger charge is -2.28. The molecule has 0 saturated heterocycles. The summed E-state index contributed by atoms with van der Waals surface area (Å²) in [6.07, 6.45) is 2.55. The van der Waals surface area contributed by atoms with Gasteiger partial charge in [-0.3, -0.25) is 4.79 Å². The number of amides is 1. The van der Waals surface area contributed by atoms with E-state index in [1.807, 2.05) is 13.8 Å². The highest BCUT2D eigenvalue weighted by Gasteiger charge is 2.29. The van der Waals surface area contributed by atoms with E-state index in [0.29, 0.717) is 29.1 Å². The summed E-state index contributed by atoms with van der Waals surface area (Å²) in [6, 6.07) is -0.272. The number of carbonyl (C=O) groups excluding carboxylic acids is 1. The van der Waals surface area contributed by atoms with E-state index in [2.05, 4.69) is 44.7 Å². The fourth-order valence-corrected chi connectivity index (χ4v) is 3.14. The van der Waals surface area contributed by atoms with Crippen molar-refractivity contribution in [1.82, 2.24) is 15.0 Å². The summed E-state index contributed by atoms with van der Waals surface area (Å²) in [5.74, 6) is 2.20. The summed E-state index contributed by atoms with van der Waals surface area (Å²) >= 11 is 1.53. The average molecular weight is 332 g/mol. The Bertz CT molecular complexity index is 742. The van der Waals surface area contributed by atoms with Crippen LogP contribution in [-0.2, 0) is 4.79 Å². The number of fused-ring (bicyclic) bond motifs is 1. The van der Waals surface area contributed by atoms with E-state index in [1.165, 1.54) is 11.3 Å². The Morgan fingerprint density at radius 1 is 1.35 bits per heavy atom. The predicted molar refractivity (Wildman–Crippen MR) is 92.4 cm³/mol. The molecule has 0 fully saturated rings. The summed E-state index contributed by atoms with van der Waals surface area (Å²) in [6.45, 7) is 8.00. The molecule has 8 heteroatoms. The Labute approximate surface area is 139 Å². The number of hydrogen-bond acceptors (Lipinski definition) is 7.